The van der Waals surface area contributed by atoms with Crippen LogP contribution in [0.4, 0.5) is 0 Å². The number of aliphatic hydroxyl groups excluding tert-OH is 2. The molecule has 6 saturated carbocycles. The highest BCUT2D eigenvalue weighted by atomic mass is 16.7. The number of rotatable bonds is 0. The number of ether oxygens (including phenoxy) is 10. The average molecular weight is 1650 g/mol. The first-order chi connectivity index (χ1) is 55.7. The molecule has 10 aliphatic heterocycles. The van der Waals surface area contributed by atoms with Gasteiger partial charge in [0.2, 0.25) is 0 Å². The third-order valence-electron chi connectivity index (χ3n) is 28.4. The van der Waals surface area contributed by atoms with Crippen LogP contribution in [0.2, 0.25) is 118 Å². The minimum Gasteiger partial charge on any atom is -0.368 e. The Morgan fingerprint density at radius 1 is 0.314 bits per heavy atom. The van der Waals surface area contributed by atoms with Crippen LogP contribution < -0.4 is 0 Å². The third kappa shape index (κ3) is 34.7. The summed E-state index contributed by atoms with van der Waals surface area (Å²) in [6.45, 7) is 35.1. The molecule has 10 radical (unpaired) electrons. The molecule has 0 amide bonds. The molecule has 2 spiro atoms. The van der Waals surface area contributed by atoms with Crippen molar-refractivity contribution in [2.45, 2.75) is 486 Å². The highest BCUT2D eigenvalue weighted by Gasteiger charge is 2.49. The Labute approximate surface area is 724 Å². The van der Waals surface area contributed by atoms with Crippen LogP contribution in [0.1, 0.15) is 309 Å². The zero-order chi connectivity index (χ0) is 86.4. The minimum atomic E-state index is -1.02. The highest BCUT2D eigenvalue weighted by molar-refractivity contribution is 6.43. The Bertz CT molecular complexity index is 2700. The lowest BCUT2D eigenvalue weighted by Crippen LogP contribution is -2.41. The van der Waals surface area contributed by atoms with Crippen LogP contribution in [-0.2, 0) is 47.4 Å². The standard InChI is InChI=1S/C11H20BO2.2C10H18BO2.2C9H16BO2.C9H18BO2.C8H14BO2.C8H16BO2.2C7H14BO2/c1-9-5-8-14-10(13)11(12-9)6-3-2-4-7-11;1-8-5-7-13-10(12)6-3-2-4-9(10)11-8;12-9-10(5-2-1-3-6-10)11-7-4-8-13-9;1-7-4-6-12-9(11)5-2-3-8(9)10-7;11-9-5-2-1-4-8(9)10-6-3-7-12-9;1-7-5-6-12-9(4,11)8(2,3)10-7;10-8-4-1-3-7(8)9-5-2-6-11-8;1-6-4-5-11-8(3,10)7(2)9-6;1-6-3-8-5-7(2,9)10-4-6;1-6-3-4-10-7(2,9)5-8-6/h9-10,13H,2-8H2,1H3;8-9,12H,2-7H2,1H3;9,12H,1-8H2;7-8,11H,2-6H2,1H3;8,11H,1-7H2;7,11H,5-6H2,1-4H3;7,10H,1-6H2;6-7,10H,4-5H2,1-3H3;2*6,9H,3-5H2,1-2H3. The van der Waals surface area contributed by atoms with E-state index in [1.54, 1.807) is 27.7 Å². The maximum Gasteiger partial charge on any atom is 0.161 e. The van der Waals surface area contributed by atoms with Gasteiger partial charge in [0.05, 0.1) is 6.61 Å². The summed E-state index contributed by atoms with van der Waals surface area (Å²) in [4.78, 5) is 0. The predicted molar refractivity (Wildman–Crippen MR) is 482 cm³/mol. The van der Waals surface area contributed by atoms with Gasteiger partial charge in [0.25, 0.3) is 0 Å². The van der Waals surface area contributed by atoms with E-state index < -0.39 is 58.9 Å². The van der Waals surface area contributed by atoms with Gasteiger partial charge in [0, 0.05) is 85.1 Å². The molecule has 118 heavy (non-hydrogen) atoms. The van der Waals surface area contributed by atoms with Gasteiger partial charge in [0.1, 0.15) is 72.8 Å². The molecular formula is C88H164B10O20. The van der Waals surface area contributed by atoms with Crippen LogP contribution in [0.25, 0.3) is 0 Å². The van der Waals surface area contributed by atoms with Gasteiger partial charge in [0.15, 0.2) is 58.9 Å². The van der Waals surface area contributed by atoms with Crippen molar-refractivity contribution in [2.75, 3.05) is 66.1 Å². The predicted octanol–water partition coefficient (Wildman–Crippen LogP) is 15.9. The lowest BCUT2D eigenvalue weighted by molar-refractivity contribution is -0.217. The van der Waals surface area contributed by atoms with E-state index >= 15 is 0 Å². The molecule has 10 saturated heterocycles. The number of hydrogen-bond acceptors (Lipinski definition) is 20. The van der Waals surface area contributed by atoms with E-state index in [1.165, 1.54) is 51.4 Å². The molecular weight excluding hydrogens is 1490 g/mol. The Hall–Kier alpha value is -0.151. The van der Waals surface area contributed by atoms with E-state index in [2.05, 4.69) is 121 Å². The third-order valence-corrected chi connectivity index (χ3v) is 28.4. The Kier molecular flexibility index (Phi) is 44.6. The van der Waals surface area contributed by atoms with Crippen molar-refractivity contribution in [2.24, 2.45) is 5.92 Å². The monoisotopic (exact) mass is 1650 g/mol. The van der Waals surface area contributed by atoms with E-state index in [9.17, 15) is 51.1 Å². The summed E-state index contributed by atoms with van der Waals surface area (Å²) < 4.78 is 54.1. The fourth-order valence-electron chi connectivity index (χ4n) is 19.8. The van der Waals surface area contributed by atoms with Crippen LogP contribution in [0, 0.1) is 5.92 Å². The Balaban J connectivity index is 0.000000181. The van der Waals surface area contributed by atoms with Gasteiger partial charge >= 0.3 is 0 Å². The van der Waals surface area contributed by atoms with Crippen molar-refractivity contribution in [1.82, 2.24) is 0 Å². The van der Waals surface area contributed by atoms with Crippen molar-refractivity contribution >= 4 is 72.8 Å². The molecule has 22 atom stereocenters. The number of fused-ring (bicyclic) bond motifs is 4. The van der Waals surface area contributed by atoms with Crippen molar-refractivity contribution in [1.29, 1.82) is 0 Å². The van der Waals surface area contributed by atoms with Crippen molar-refractivity contribution in [3.63, 3.8) is 0 Å². The molecule has 0 aromatic heterocycles. The normalized spacial score (nSPS) is 42.2. The van der Waals surface area contributed by atoms with Crippen LogP contribution in [0.5, 0.6) is 0 Å². The summed E-state index contributed by atoms with van der Waals surface area (Å²) in [7, 11) is 22.3. The molecule has 16 fully saturated rings. The number of aliphatic hydroxyl groups is 10. The van der Waals surface area contributed by atoms with Gasteiger partial charge in [-0.3, -0.25) is 0 Å². The topological polar surface area (TPSA) is 295 Å². The van der Waals surface area contributed by atoms with E-state index in [-0.39, 0.29) is 33.4 Å². The summed E-state index contributed by atoms with van der Waals surface area (Å²) in [6, 6.07) is 0. The van der Waals surface area contributed by atoms with Gasteiger partial charge in [-0.25, -0.2) is 0 Å². The summed E-state index contributed by atoms with van der Waals surface area (Å²) >= 11 is 0. The Morgan fingerprint density at radius 3 is 1.30 bits per heavy atom. The lowest BCUT2D eigenvalue weighted by atomic mass is 9.41. The molecule has 16 rings (SSSR count). The van der Waals surface area contributed by atoms with Gasteiger partial charge in [-0.15, -0.1) is 0 Å². The lowest BCUT2D eigenvalue weighted by Gasteiger charge is -2.40. The van der Waals surface area contributed by atoms with Crippen molar-refractivity contribution in [3.8, 4) is 0 Å². The second kappa shape index (κ2) is 50.1. The zero-order valence-corrected chi connectivity index (χ0v) is 76.6. The summed E-state index contributed by atoms with van der Waals surface area (Å²) in [5.41, 5.74) is 0. The van der Waals surface area contributed by atoms with Gasteiger partial charge in [-0.2, -0.15) is 0 Å². The molecule has 0 aromatic carbocycles. The fraction of sp³-hybridized carbons (Fsp3) is 1.00. The van der Waals surface area contributed by atoms with Gasteiger partial charge < -0.3 is 98.4 Å². The molecule has 0 aromatic rings. The maximum absolute atomic E-state index is 10.2. The van der Waals surface area contributed by atoms with Gasteiger partial charge in [-0.05, 0) is 175 Å². The average Bonchev–Trinajstić information content (AvgIpc) is 1.32. The molecule has 30 heteroatoms. The molecule has 22 unspecified atom stereocenters. The summed E-state index contributed by atoms with van der Waals surface area (Å²) in [5.74, 6) is -1.70. The molecule has 20 nitrogen and oxygen atoms in total. The zero-order valence-electron chi connectivity index (χ0n) is 76.6. The molecule has 0 bridgehead atoms. The second-order valence-corrected chi connectivity index (χ2v) is 40.1. The van der Waals surface area contributed by atoms with Crippen LogP contribution >= 0.6 is 0 Å². The van der Waals surface area contributed by atoms with E-state index in [0.29, 0.717) is 111 Å². The molecule has 10 heterocycles. The van der Waals surface area contributed by atoms with Crippen LogP contribution in [0.3, 0.4) is 0 Å². The first-order valence-corrected chi connectivity index (χ1v) is 47.6. The van der Waals surface area contributed by atoms with Gasteiger partial charge in [-0.1, -0.05) is 232 Å². The van der Waals surface area contributed by atoms with E-state index in [4.69, 9.17) is 47.4 Å². The molecule has 666 valence electrons. The summed E-state index contributed by atoms with van der Waals surface area (Å²) in [6.07, 6.45) is 40.7. The van der Waals surface area contributed by atoms with E-state index in [1.807, 2.05) is 20.8 Å². The largest absolute Gasteiger partial charge is 0.368 e. The van der Waals surface area contributed by atoms with Crippen LogP contribution in [-0.4, -0.2) is 249 Å². The SMILES string of the molecule is CC1C[B]CC(C)(O)OC1.CC1[B]C(C)(C)C(C)(O)OCC1.CC1[B]C(C)C(C)(O)OCC1.CC1[B]C2(CCCCC2)C(O)OCC1.CC1[B]C2CCCC2(O)OCC1.CC1[B]C2CCCCC2(O)OCC1.CC1[B]CC(C)(O)OCC1.OC12CCCC1[B]CCCO2.OC12CCCCC1[B]CCCO2.OC1OCCC[B]C12CCCCC2. The first-order valence-electron chi connectivity index (χ1n) is 47.6. The first kappa shape index (κ1) is 105. The maximum atomic E-state index is 10.2. The second-order valence-electron chi connectivity index (χ2n) is 40.1. The Morgan fingerprint density at radius 2 is 0.720 bits per heavy atom. The van der Waals surface area contributed by atoms with Crippen molar-refractivity contribution in [3.05, 3.63) is 0 Å². The number of hydrogen-bond donors (Lipinski definition) is 10. The van der Waals surface area contributed by atoms with Crippen LogP contribution in [0.15, 0.2) is 0 Å². The molecule has 10 N–H and O–H groups in total. The summed E-state index contributed by atoms with van der Waals surface area (Å²) in [5, 5.41) is 98.5. The van der Waals surface area contributed by atoms with Crippen molar-refractivity contribution < 1.29 is 98.4 Å². The molecule has 16 aliphatic rings. The quantitative estimate of drug-likeness (QED) is 0.101. The molecule has 6 aliphatic carbocycles. The van der Waals surface area contributed by atoms with E-state index in [0.717, 1.165) is 206 Å². The fourth-order valence-corrected chi connectivity index (χ4v) is 19.8. The highest BCUT2D eigenvalue weighted by Crippen LogP contribution is 2.52. The minimum absolute atomic E-state index is 0.00868. The smallest absolute Gasteiger partial charge is 0.161 e.